The number of hydrogen-bond donors (Lipinski definition) is 2. The Morgan fingerprint density at radius 2 is 2.10 bits per heavy atom. The first-order valence-electron chi connectivity index (χ1n) is 5.49. The average molecular weight is 355 g/mol. The van der Waals surface area contributed by atoms with E-state index in [-0.39, 0.29) is 11.7 Å². The quantitative estimate of drug-likeness (QED) is 0.657. The molecule has 7 heteroatoms. The first-order valence-corrected chi connectivity index (χ1v) is 6.66. The molecule has 20 heavy (non-hydrogen) atoms. The number of halogens is 2. The van der Waals surface area contributed by atoms with Crippen LogP contribution in [0.2, 0.25) is 5.02 Å². The molecule has 0 radical (unpaired) electrons. The first-order chi connectivity index (χ1) is 9.58. The van der Waals surface area contributed by atoms with E-state index in [2.05, 4.69) is 31.4 Å². The van der Waals surface area contributed by atoms with Gasteiger partial charge in [0.2, 0.25) is 0 Å². The monoisotopic (exact) mass is 353 g/mol. The Bertz CT molecular complexity index is 662. The molecule has 1 heterocycles. The molecule has 0 aliphatic heterocycles. The Labute approximate surface area is 128 Å². The molecule has 0 saturated heterocycles. The second-order valence-corrected chi connectivity index (χ2v) is 5.05. The summed E-state index contributed by atoms with van der Waals surface area (Å²) in [4.78, 5) is 15.5. The zero-order valence-corrected chi connectivity index (χ0v) is 12.4. The molecule has 0 aliphatic rings. The molecule has 1 aromatic carbocycles. The highest BCUT2D eigenvalue weighted by molar-refractivity contribution is 9.10. The Hall–Kier alpha value is -1.92. The summed E-state index contributed by atoms with van der Waals surface area (Å²) in [5.74, 6) is -0.374. The Morgan fingerprint density at radius 1 is 1.40 bits per heavy atom. The van der Waals surface area contributed by atoms with Crippen LogP contribution in [0.4, 0.5) is 0 Å². The molecule has 2 aromatic rings. The van der Waals surface area contributed by atoms with Crippen molar-refractivity contribution in [1.29, 1.82) is 0 Å². The van der Waals surface area contributed by atoms with Gasteiger partial charge in [0, 0.05) is 28.5 Å². The number of amides is 1. The van der Waals surface area contributed by atoms with Gasteiger partial charge < -0.3 is 5.11 Å². The number of nitrogens with one attached hydrogen (secondary N) is 1. The van der Waals surface area contributed by atoms with Crippen molar-refractivity contribution in [3.8, 4) is 5.75 Å². The van der Waals surface area contributed by atoms with Gasteiger partial charge in [0.15, 0.2) is 0 Å². The van der Waals surface area contributed by atoms with Crippen LogP contribution in [-0.4, -0.2) is 22.2 Å². The number of pyridine rings is 1. The van der Waals surface area contributed by atoms with Gasteiger partial charge in [-0.2, -0.15) is 5.10 Å². The van der Waals surface area contributed by atoms with Gasteiger partial charge in [0.1, 0.15) is 5.75 Å². The van der Waals surface area contributed by atoms with Crippen LogP contribution in [0.1, 0.15) is 15.9 Å². The molecule has 0 fully saturated rings. The smallest absolute Gasteiger partial charge is 0.271 e. The molecule has 0 unspecified atom stereocenters. The van der Waals surface area contributed by atoms with Gasteiger partial charge in [0.05, 0.1) is 10.7 Å². The highest BCUT2D eigenvalue weighted by atomic mass is 79.9. The van der Waals surface area contributed by atoms with E-state index in [0.29, 0.717) is 20.6 Å². The number of phenolic OH excluding ortho intramolecular Hbond substituents is 1. The molecule has 2 rings (SSSR count). The second-order valence-electron chi connectivity index (χ2n) is 3.76. The molecule has 102 valence electrons. The Morgan fingerprint density at radius 3 is 2.80 bits per heavy atom. The minimum Gasteiger partial charge on any atom is -0.506 e. The molecule has 1 amide bonds. The van der Waals surface area contributed by atoms with Gasteiger partial charge in [-0.05, 0) is 40.2 Å². The number of carbonyl (C=O) groups excluding carboxylic acids is 1. The van der Waals surface area contributed by atoms with Crippen LogP contribution < -0.4 is 5.43 Å². The SMILES string of the molecule is O=C(NN=Cc1cc(Cl)cc(Br)c1O)c1ccncc1. The summed E-state index contributed by atoms with van der Waals surface area (Å²) in [6.45, 7) is 0. The van der Waals surface area contributed by atoms with Gasteiger partial charge in [0.25, 0.3) is 5.91 Å². The van der Waals surface area contributed by atoms with E-state index in [9.17, 15) is 9.90 Å². The lowest BCUT2D eigenvalue weighted by Crippen LogP contribution is -2.17. The van der Waals surface area contributed by atoms with Crippen molar-refractivity contribution in [2.24, 2.45) is 5.10 Å². The number of rotatable bonds is 3. The molecular weight excluding hydrogens is 346 g/mol. The highest BCUT2D eigenvalue weighted by Crippen LogP contribution is 2.30. The Balaban J connectivity index is 2.10. The van der Waals surface area contributed by atoms with Crippen molar-refractivity contribution in [2.75, 3.05) is 0 Å². The standard InChI is InChI=1S/C13H9BrClN3O2/c14-11-6-10(15)5-9(12(11)19)7-17-18-13(20)8-1-3-16-4-2-8/h1-7,19H,(H,18,20). The molecule has 0 atom stereocenters. The maximum Gasteiger partial charge on any atom is 0.271 e. The number of phenols is 1. The fraction of sp³-hybridized carbons (Fsp3) is 0. The summed E-state index contributed by atoms with van der Waals surface area (Å²) in [7, 11) is 0. The van der Waals surface area contributed by atoms with Gasteiger partial charge in [-0.3, -0.25) is 9.78 Å². The summed E-state index contributed by atoms with van der Waals surface area (Å²) in [6, 6.07) is 6.23. The minimum atomic E-state index is -0.371. The highest BCUT2D eigenvalue weighted by Gasteiger charge is 2.06. The summed E-state index contributed by atoms with van der Waals surface area (Å²) in [5, 5.41) is 14.0. The molecule has 0 saturated carbocycles. The number of carbonyl (C=O) groups is 1. The van der Waals surface area contributed by atoms with Crippen molar-refractivity contribution in [3.05, 3.63) is 57.3 Å². The molecule has 1 aromatic heterocycles. The number of nitrogens with zero attached hydrogens (tertiary/aromatic N) is 2. The molecule has 2 N–H and O–H groups in total. The van der Waals surface area contributed by atoms with Crippen molar-refractivity contribution in [2.45, 2.75) is 0 Å². The van der Waals surface area contributed by atoms with Crippen LogP contribution in [0.5, 0.6) is 5.75 Å². The van der Waals surface area contributed by atoms with Gasteiger partial charge in [-0.15, -0.1) is 0 Å². The maximum atomic E-state index is 11.7. The number of hydrogen-bond acceptors (Lipinski definition) is 4. The zero-order valence-electron chi connectivity index (χ0n) is 10.0. The predicted octanol–water partition coefficient (Wildman–Crippen LogP) is 2.97. The third-order valence-corrected chi connectivity index (χ3v) is 3.19. The maximum absolute atomic E-state index is 11.7. The van der Waals surface area contributed by atoms with Crippen LogP contribution in [0.15, 0.2) is 46.2 Å². The fourth-order valence-corrected chi connectivity index (χ4v) is 2.25. The van der Waals surface area contributed by atoms with Crippen LogP contribution in [0, 0.1) is 0 Å². The number of hydrazone groups is 1. The van der Waals surface area contributed by atoms with Gasteiger partial charge in [-0.1, -0.05) is 11.6 Å². The van der Waals surface area contributed by atoms with E-state index < -0.39 is 0 Å². The zero-order chi connectivity index (χ0) is 14.5. The minimum absolute atomic E-state index is 0.00342. The van der Waals surface area contributed by atoms with E-state index in [0.717, 1.165) is 0 Å². The molecule has 0 aliphatic carbocycles. The largest absolute Gasteiger partial charge is 0.506 e. The van der Waals surface area contributed by atoms with E-state index in [1.54, 1.807) is 18.2 Å². The van der Waals surface area contributed by atoms with Crippen molar-refractivity contribution >= 4 is 39.7 Å². The summed E-state index contributed by atoms with van der Waals surface area (Å²) < 4.78 is 0.451. The predicted molar refractivity (Wildman–Crippen MR) is 80.1 cm³/mol. The number of benzene rings is 1. The van der Waals surface area contributed by atoms with E-state index in [4.69, 9.17) is 11.6 Å². The van der Waals surface area contributed by atoms with E-state index in [1.807, 2.05) is 0 Å². The van der Waals surface area contributed by atoms with Gasteiger partial charge in [-0.25, -0.2) is 5.43 Å². The van der Waals surface area contributed by atoms with E-state index in [1.165, 1.54) is 24.7 Å². The van der Waals surface area contributed by atoms with Crippen molar-refractivity contribution < 1.29 is 9.90 Å². The second kappa shape index (κ2) is 6.49. The third-order valence-electron chi connectivity index (χ3n) is 2.37. The molecular formula is C13H9BrClN3O2. The molecule has 0 bridgehead atoms. The van der Waals surface area contributed by atoms with E-state index >= 15 is 0 Å². The normalized spacial score (nSPS) is 10.7. The first kappa shape index (κ1) is 14.5. The van der Waals surface area contributed by atoms with Crippen LogP contribution in [0.25, 0.3) is 0 Å². The van der Waals surface area contributed by atoms with Crippen LogP contribution >= 0.6 is 27.5 Å². The third kappa shape index (κ3) is 3.55. The average Bonchev–Trinajstić information content (AvgIpc) is 2.44. The molecule has 5 nitrogen and oxygen atoms in total. The number of aromatic nitrogens is 1. The topological polar surface area (TPSA) is 74.6 Å². The van der Waals surface area contributed by atoms with Crippen molar-refractivity contribution in [1.82, 2.24) is 10.4 Å². The summed E-state index contributed by atoms with van der Waals surface area (Å²) in [6.07, 6.45) is 4.34. The lowest BCUT2D eigenvalue weighted by Gasteiger charge is -2.03. The number of aromatic hydroxyl groups is 1. The molecule has 0 spiro atoms. The Kier molecular flexibility index (Phi) is 4.70. The lowest BCUT2D eigenvalue weighted by molar-refractivity contribution is 0.0955. The lowest BCUT2D eigenvalue weighted by atomic mass is 10.2. The van der Waals surface area contributed by atoms with Crippen molar-refractivity contribution in [3.63, 3.8) is 0 Å². The summed E-state index contributed by atoms with van der Waals surface area (Å²) >= 11 is 9.03. The summed E-state index contributed by atoms with van der Waals surface area (Å²) in [5.41, 5.74) is 3.17. The fourth-order valence-electron chi connectivity index (χ4n) is 1.41. The van der Waals surface area contributed by atoms with Gasteiger partial charge >= 0.3 is 0 Å². The van der Waals surface area contributed by atoms with Crippen LogP contribution in [0.3, 0.4) is 0 Å². The van der Waals surface area contributed by atoms with Crippen LogP contribution in [-0.2, 0) is 0 Å².